The maximum absolute atomic E-state index is 11.7. The van der Waals surface area contributed by atoms with E-state index in [-0.39, 0.29) is 11.9 Å². The molecule has 0 N–H and O–H groups in total. The molecule has 0 fully saturated rings. The van der Waals surface area contributed by atoms with Gasteiger partial charge in [0.1, 0.15) is 5.75 Å². The number of hydrogen-bond acceptors (Lipinski definition) is 2. The topological polar surface area (TPSA) is 26.3 Å². The first-order valence-corrected chi connectivity index (χ1v) is 5.35. The van der Waals surface area contributed by atoms with E-state index in [2.05, 4.69) is 0 Å². The number of carbonyl (C=O) groups excluding carboxylic acids is 1. The van der Waals surface area contributed by atoms with Gasteiger partial charge in [-0.15, -0.1) is 0 Å². The summed E-state index contributed by atoms with van der Waals surface area (Å²) in [7, 11) is 0. The Morgan fingerprint density at radius 2 is 2.07 bits per heavy atom. The third kappa shape index (κ3) is 3.08. The van der Waals surface area contributed by atoms with Gasteiger partial charge in [0, 0.05) is 6.42 Å². The summed E-state index contributed by atoms with van der Waals surface area (Å²) in [4.78, 5) is 11.7. The quantitative estimate of drug-likeness (QED) is 0.706. The molecule has 0 bridgehead atoms. The third-order valence-electron chi connectivity index (χ3n) is 2.12. The Balaban J connectivity index is 3.08. The van der Waals surface area contributed by atoms with Crippen molar-refractivity contribution in [3.05, 3.63) is 29.3 Å². The molecule has 0 aliphatic carbocycles. The van der Waals surface area contributed by atoms with E-state index in [9.17, 15) is 4.79 Å². The zero-order valence-electron chi connectivity index (χ0n) is 9.83. The zero-order valence-corrected chi connectivity index (χ0v) is 9.83. The first kappa shape index (κ1) is 11.8. The number of benzene rings is 1. The molecule has 0 atom stereocenters. The van der Waals surface area contributed by atoms with Crippen molar-refractivity contribution in [3.63, 3.8) is 0 Å². The molecule has 2 nitrogen and oxygen atoms in total. The Morgan fingerprint density at radius 3 is 2.60 bits per heavy atom. The number of ether oxygens (including phenoxy) is 1. The fourth-order valence-corrected chi connectivity index (χ4v) is 1.41. The first-order valence-electron chi connectivity index (χ1n) is 5.35. The van der Waals surface area contributed by atoms with Crippen LogP contribution in [0.1, 0.15) is 43.1 Å². The Bertz CT molecular complexity index is 354. The van der Waals surface area contributed by atoms with Crippen molar-refractivity contribution in [2.75, 3.05) is 0 Å². The van der Waals surface area contributed by atoms with Gasteiger partial charge in [-0.25, -0.2) is 0 Å². The van der Waals surface area contributed by atoms with Gasteiger partial charge in [0.05, 0.1) is 11.7 Å². The van der Waals surface area contributed by atoms with Crippen LogP contribution < -0.4 is 4.74 Å². The normalized spacial score (nSPS) is 10.5. The van der Waals surface area contributed by atoms with Gasteiger partial charge >= 0.3 is 0 Å². The van der Waals surface area contributed by atoms with Gasteiger partial charge in [0.2, 0.25) is 0 Å². The minimum atomic E-state index is 0.0936. The fraction of sp³-hybridized carbons (Fsp3) is 0.462. The zero-order chi connectivity index (χ0) is 11.4. The number of ketones is 1. The molecule has 0 spiro atoms. The monoisotopic (exact) mass is 206 g/mol. The number of hydrogen-bond donors (Lipinski definition) is 0. The molecule has 0 aliphatic heterocycles. The summed E-state index contributed by atoms with van der Waals surface area (Å²) < 4.78 is 5.60. The maximum Gasteiger partial charge on any atom is 0.166 e. The second-order valence-corrected chi connectivity index (χ2v) is 3.94. The number of rotatable bonds is 4. The van der Waals surface area contributed by atoms with Gasteiger partial charge in [-0.3, -0.25) is 4.79 Å². The third-order valence-corrected chi connectivity index (χ3v) is 2.12. The lowest BCUT2D eigenvalue weighted by atomic mass is 10.0. The standard InChI is InChI=1S/C13H18O2/c1-5-12(14)11-8-10(4)6-7-13(11)15-9(2)3/h6-9H,5H2,1-4H3. The van der Waals surface area contributed by atoms with Gasteiger partial charge in [-0.05, 0) is 32.9 Å². The van der Waals surface area contributed by atoms with Crippen LogP contribution >= 0.6 is 0 Å². The minimum Gasteiger partial charge on any atom is -0.490 e. The Labute approximate surface area is 91.3 Å². The molecule has 1 aromatic rings. The largest absolute Gasteiger partial charge is 0.490 e. The maximum atomic E-state index is 11.7. The van der Waals surface area contributed by atoms with Crippen molar-refractivity contribution in [1.82, 2.24) is 0 Å². The average molecular weight is 206 g/mol. The van der Waals surface area contributed by atoms with Crippen LogP contribution in [0.5, 0.6) is 5.75 Å². The van der Waals surface area contributed by atoms with Crippen molar-refractivity contribution in [1.29, 1.82) is 0 Å². The van der Waals surface area contributed by atoms with Crippen LogP contribution in [0.2, 0.25) is 0 Å². The minimum absolute atomic E-state index is 0.0936. The predicted octanol–water partition coefficient (Wildman–Crippen LogP) is 3.37. The molecule has 82 valence electrons. The molecule has 0 saturated heterocycles. The fourth-order valence-electron chi connectivity index (χ4n) is 1.41. The van der Waals surface area contributed by atoms with E-state index in [1.54, 1.807) is 0 Å². The van der Waals surface area contributed by atoms with Crippen LogP contribution in [0.3, 0.4) is 0 Å². The van der Waals surface area contributed by atoms with Crippen LogP contribution in [-0.4, -0.2) is 11.9 Å². The number of Topliss-reactive ketones (excluding diaryl/α,β-unsaturated/α-hetero) is 1. The lowest BCUT2D eigenvalue weighted by Gasteiger charge is -2.13. The molecule has 0 heterocycles. The molecule has 0 unspecified atom stereocenters. The van der Waals surface area contributed by atoms with E-state index >= 15 is 0 Å². The number of aryl methyl sites for hydroxylation is 1. The molecule has 0 aromatic heterocycles. The summed E-state index contributed by atoms with van der Waals surface area (Å²) in [6.07, 6.45) is 0.605. The van der Waals surface area contributed by atoms with Crippen LogP contribution in [0.25, 0.3) is 0 Å². The summed E-state index contributed by atoms with van der Waals surface area (Å²) in [6.45, 7) is 7.76. The van der Waals surface area contributed by atoms with Crippen molar-refractivity contribution >= 4 is 5.78 Å². The van der Waals surface area contributed by atoms with E-state index in [0.717, 1.165) is 5.56 Å². The van der Waals surface area contributed by atoms with Gasteiger partial charge in [0.25, 0.3) is 0 Å². The molecule has 1 rings (SSSR count). The molecular formula is C13H18O2. The highest BCUT2D eigenvalue weighted by Crippen LogP contribution is 2.22. The summed E-state index contributed by atoms with van der Waals surface area (Å²) in [5, 5.41) is 0. The van der Waals surface area contributed by atoms with E-state index in [1.807, 2.05) is 45.9 Å². The second kappa shape index (κ2) is 4.96. The van der Waals surface area contributed by atoms with Crippen molar-refractivity contribution in [2.45, 2.75) is 40.2 Å². The van der Waals surface area contributed by atoms with Gasteiger partial charge in [-0.2, -0.15) is 0 Å². The SMILES string of the molecule is CCC(=O)c1cc(C)ccc1OC(C)C. The molecule has 0 saturated carbocycles. The summed E-state index contributed by atoms with van der Waals surface area (Å²) >= 11 is 0. The van der Waals surface area contributed by atoms with Crippen molar-refractivity contribution < 1.29 is 9.53 Å². The van der Waals surface area contributed by atoms with Gasteiger partial charge in [0.15, 0.2) is 5.78 Å². The second-order valence-electron chi connectivity index (χ2n) is 3.94. The van der Waals surface area contributed by atoms with Crippen molar-refractivity contribution in [2.24, 2.45) is 0 Å². The summed E-state index contributed by atoms with van der Waals surface area (Å²) in [6, 6.07) is 5.73. The summed E-state index contributed by atoms with van der Waals surface area (Å²) in [5.41, 5.74) is 1.79. The molecule has 1 aromatic carbocycles. The van der Waals surface area contributed by atoms with Crippen molar-refractivity contribution in [3.8, 4) is 5.75 Å². The highest BCUT2D eigenvalue weighted by Gasteiger charge is 2.11. The van der Waals surface area contributed by atoms with Crippen LogP contribution in [0.4, 0.5) is 0 Å². The molecular weight excluding hydrogens is 188 g/mol. The van der Waals surface area contributed by atoms with E-state index in [4.69, 9.17) is 4.74 Å². The van der Waals surface area contributed by atoms with Crippen LogP contribution in [-0.2, 0) is 0 Å². The summed E-state index contributed by atoms with van der Waals surface area (Å²) in [5.74, 6) is 0.830. The van der Waals surface area contributed by atoms with Crippen LogP contribution in [0, 0.1) is 6.92 Å². The highest BCUT2D eigenvalue weighted by atomic mass is 16.5. The Hall–Kier alpha value is -1.31. The lowest BCUT2D eigenvalue weighted by Crippen LogP contribution is -2.10. The van der Waals surface area contributed by atoms with E-state index < -0.39 is 0 Å². The molecule has 0 radical (unpaired) electrons. The first-order chi connectivity index (χ1) is 7.04. The average Bonchev–Trinajstić information content (AvgIpc) is 2.19. The van der Waals surface area contributed by atoms with E-state index in [1.165, 1.54) is 0 Å². The smallest absolute Gasteiger partial charge is 0.166 e. The highest BCUT2D eigenvalue weighted by molar-refractivity contribution is 5.98. The lowest BCUT2D eigenvalue weighted by molar-refractivity contribution is 0.0982. The number of carbonyl (C=O) groups is 1. The van der Waals surface area contributed by atoms with Crippen LogP contribution in [0.15, 0.2) is 18.2 Å². The van der Waals surface area contributed by atoms with Gasteiger partial charge in [-0.1, -0.05) is 18.6 Å². The Kier molecular flexibility index (Phi) is 3.89. The van der Waals surface area contributed by atoms with Gasteiger partial charge < -0.3 is 4.74 Å². The molecule has 0 aliphatic rings. The molecule has 15 heavy (non-hydrogen) atoms. The molecule has 2 heteroatoms. The molecule has 0 amide bonds. The Morgan fingerprint density at radius 1 is 1.40 bits per heavy atom. The van der Waals surface area contributed by atoms with E-state index in [0.29, 0.717) is 17.7 Å². The predicted molar refractivity (Wildman–Crippen MR) is 61.6 cm³/mol.